The number of carbonyl (C=O) groups excluding carboxylic acids is 2. The van der Waals surface area contributed by atoms with Gasteiger partial charge in [0.1, 0.15) is 11.5 Å². The van der Waals surface area contributed by atoms with E-state index < -0.39 is 0 Å². The Morgan fingerprint density at radius 2 is 1.59 bits per heavy atom. The molecule has 0 bridgehead atoms. The van der Waals surface area contributed by atoms with Gasteiger partial charge >= 0.3 is 0 Å². The number of anilines is 2. The highest BCUT2D eigenvalue weighted by atomic mass is 16.5. The van der Waals surface area contributed by atoms with Gasteiger partial charge in [0.15, 0.2) is 0 Å². The Hall–Kier alpha value is -3.80. The van der Waals surface area contributed by atoms with Crippen LogP contribution in [0, 0.1) is 0 Å². The van der Waals surface area contributed by atoms with Crippen LogP contribution in [0.15, 0.2) is 78.9 Å². The molecule has 3 aromatic rings. The molecule has 0 spiro atoms. The predicted molar refractivity (Wildman–Crippen MR) is 126 cm³/mol. The van der Waals surface area contributed by atoms with Crippen molar-refractivity contribution in [3.8, 4) is 11.5 Å². The molecule has 1 aliphatic heterocycles. The zero-order valence-corrected chi connectivity index (χ0v) is 18.3. The van der Waals surface area contributed by atoms with Crippen LogP contribution >= 0.6 is 0 Å². The summed E-state index contributed by atoms with van der Waals surface area (Å²) in [7, 11) is 1.86. The Labute approximate surface area is 188 Å². The average Bonchev–Trinajstić information content (AvgIpc) is 3.30. The molecule has 0 aliphatic carbocycles. The maximum atomic E-state index is 12.6. The maximum absolute atomic E-state index is 12.6. The number of benzene rings is 3. The molecule has 0 aromatic heterocycles. The van der Waals surface area contributed by atoms with Crippen LogP contribution in [0.25, 0.3) is 0 Å². The minimum Gasteiger partial charge on any atom is -0.457 e. The van der Waals surface area contributed by atoms with E-state index in [4.69, 9.17) is 4.74 Å². The zero-order valence-electron chi connectivity index (χ0n) is 18.3. The van der Waals surface area contributed by atoms with Gasteiger partial charge in [-0.1, -0.05) is 18.2 Å². The Kier molecular flexibility index (Phi) is 6.40. The van der Waals surface area contributed by atoms with E-state index in [1.807, 2.05) is 66.5 Å². The molecule has 1 heterocycles. The van der Waals surface area contributed by atoms with E-state index in [0.29, 0.717) is 11.3 Å². The van der Waals surface area contributed by atoms with Crippen LogP contribution in [0.4, 0.5) is 11.4 Å². The SMILES string of the molecule is CC(=O)N(C)C1CCN(c2ccc(NC(=O)c3ccc(Oc4ccccc4)cc3)cc2)C1. The van der Waals surface area contributed by atoms with Crippen LogP contribution in [0.2, 0.25) is 0 Å². The van der Waals surface area contributed by atoms with Gasteiger partial charge in [0, 0.05) is 44.0 Å². The summed E-state index contributed by atoms with van der Waals surface area (Å²) >= 11 is 0. The van der Waals surface area contributed by atoms with E-state index in [9.17, 15) is 9.59 Å². The number of ether oxygens (including phenoxy) is 1. The lowest BCUT2D eigenvalue weighted by molar-refractivity contribution is -0.129. The summed E-state index contributed by atoms with van der Waals surface area (Å²) in [6.07, 6.45) is 0.957. The smallest absolute Gasteiger partial charge is 0.255 e. The number of nitrogens with zero attached hydrogens (tertiary/aromatic N) is 2. The molecule has 3 aromatic carbocycles. The highest BCUT2D eigenvalue weighted by Crippen LogP contribution is 2.25. The summed E-state index contributed by atoms with van der Waals surface area (Å²) in [6, 6.07) is 24.6. The number of nitrogens with one attached hydrogen (secondary N) is 1. The minimum absolute atomic E-state index is 0.0922. The Morgan fingerprint density at radius 3 is 2.25 bits per heavy atom. The number of rotatable bonds is 6. The van der Waals surface area contributed by atoms with E-state index in [1.165, 1.54) is 0 Å². The van der Waals surface area contributed by atoms with Crippen molar-refractivity contribution in [1.29, 1.82) is 0 Å². The third-order valence-corrected chi connectivity index (χ3v) is 5.79. The largest absolute Gasteiger partial charge is 0.457 e. The molecule has 0 radical (unpaired) electrons. The van der Waals surface area contributed by atoms with Gasteiger partial charge in [-0.25, -0.2) is 0 Å². The van der Waals surface area contributed by atoms with Crippen LogP contribution in [0.5, 0.6) is 11.5 Å². The first kappa shape index (κ1) is 21.4. The van der Waals surface area contributed by atoms with Crippen molar-refractivity contribution in [1.82, 2.24) is 4.90 Å². The number of para-hydroxylation sites is 1. The third-order valence-electron chi connectivity index (χ3n) is 5.79. The van der Waals surface area contributed by atoms with E-state index in [1.54, 1.807) is 31.2 Å². The first-order chi connectivity index (χ1) is 15.5. The molecular formula is C26H27N3O3. The molecule has 2 amide bonds. The molecule has 164 valence electrons. The molecular weight excluding hydrogens is 402 g/mol. The van der Waals surface area contributed by atoms with E-state index in [2.05, 4.69) is 10.2 Å². The zero-order chi connectivity index (χ0) is 22.5. The van der Waals surface area contributed by atoms with Gasteiger partial charge in [-0.2, -0.15) is 0 Å². The summed E-state index contributed by atoms with van der Waals surface area (Å²) in [5, 5.41) is 2.94. The van der Waals surface area contributed by atoms with Crippen molar-refractivity contribution < 1.29 is 14.3 Å². The third kappa shape index (κ3) is 5.09. The molecule has 0 saturated carbocycles. The molecule has 1 fully saturated rings. The van der Waals surface area contributed by atoms with Crippen LogP contribution in [-0.2, 0) is 4.79 Å². The lowest BCUT2D eigenvalue weighted by Gasteiger charge is -2.24. The molecule has 1 N–H and O–H groups in total. The van der Waals surface area contributed by atoms with E-state index >= 15 is 0 Å². The normalized spacial score (nSPS) is 15.3. The number of likely N-dealkylation sites (N-methyl/N-ethyl adjacent to an activating group) is 1. The van der Waals surface area contributed by atoms with Crippen LogP contribution < -0.4 is 15.0 Å². The summed E-state index contributed by atoms with van der Waals surface area (Å²) in [5.74, 6) is 1.35. The van der Waals surface area contributed by atoms with Crippen molar-refractivity contribution in [3.05, 3.63) is 84.4 Å². The summed E-state index contributed by atoms with van der Waals surface area (Å²) in [6.45, 7) is 3.33. The van der Waals surface area contributed by atoms with Crippen LogP contribution in [0.1, 0.15) is 23.7 Å². The van der Waals surface area contributed by atoms with Gasteiger partial charge in [-0.15, -0.1) is 0 Å². The van der Waals surface area contributed by atoms with Crippen molar-refractivity contribution in [2.24, 2.45) is 0 Å². The van der Waals surface area contributed by atoms with Crippen molar-refractivity contribution in [3.63, 3.8) is 0 Å². The van der Waals surface area contributed by atoms with Gasteiger partial charge in [-0.05, 0) is 67.1 Å². The molecule has 1 unspecified atom stereocenters. The van der Waals surface area contributed by atoms with Crippen LogP contribution in [0.3, 0.4) is 0 Å². The standard InChI is InChI=1S/C26H27N3O3/c1-19(30)28(2)23-16-17-29(18-23)22-12-10-21(11-13-22)27-26(31)20-8-14-25(15-9-20)32-24-6-4-3-5-7-24/h3-15,23H,16-18H2,1-2H3,(H,27,31). The van der Waals surface area contributed by atoms with Crippen molar-refractivity contribution in [2.45, 2.75) is 19.4 Å². The van der Waals surface area contributed by atoms with E-state index in [0.717, 1.165) is 36.6 Å². The molecule has 6 heteroatoms. The lowest BCUT2D eigenvalue weighted by atomic mass is 10.2. The average molecular weight is 430 g/mol. The second-order valence-electron chi connectivity index (χ2n) is 7.96. The van der Waals surface area contributed by atoms with Gasteiger partial charge in [-0.3, -0.25) is 9.59 Å². The number of amides is 2. The maximum Gasteiger partial charge on any atom is 0.255 e. The summed E-state index contributed by atoms with van der Waals surface area (Å²) in [5.41, 5.74) is 2.38. The Balaban J connectivity index is 1.33. The number of hydrogen-bond donors (Lipinski definition) is 1. The fourth-order valence-corrected chi connectivity index (χ4v) is 3.81. The van der Waals surface area contributed by atoms with Crippen LogP contribution in [-0.4, -0.2) is 42.9 Å². The minimum atomic E-state index is -0.173. The number of hydrogen-bond acceptors (Lipinski definition) is 4. The van der Waals surface area contributed by atoms with Gasteiger partial charge in [0.05, 0.1) is 6.04 Å². The van der Waals surface area contributed by atoms with Gasteiger partial charge in [0.25, 0.3) is 5.91 Å². The lowest BCUT2D eigenvalue weighted by Crippen LogP contribution is -2.37. The van der Waals surface area contributed by atoms with Gasteiger partial charge < -0.3 is 19.9 Å². The number of carbonyl (C=O) groups is 2. The second kappa shape index (κ2) is 9.56. The first-order valence-electron chi connectivity index (χ1n) is 10.7. The molecule has 1 aliphatic rings. The first-order valence-corrected chi connectivity index (χ1v) is 10.7. The topological polar surface area (TPSA) is 61.9 Å². The Morgan fingerprint density at radius 1 is 0.938 bits per heavy atom. The van der Waals surface area contributed by atoms with Gasteiger partial charge in [0.2, 0.25) is 5.91 Å². The second-order valence-corrected chi connectivity index (χ2v) is 7.96. The molecule has 32 heavy (non-hydrogen) atoms. The van der Waals surface area contributed by atoms with Crippen molar-refractivity contribution >= 4 is 23.2 Å². The quantitative estimate of drug-likeness (QED) is 0.612. The highest BCUT2D eigenvalue weighted by Gasteiger charge is 2.27. The predicted octanol–water partition coefficient (Wildman–Crippen LogP) is 4.79. The monoisotopic (exact) mass is 429 g/mol. The molecule has 1 atom stereocenters. The summed E-state index contributed by atoms with van der Waals surface area (Å²) in [4.78, 5) is 28.3. The molecule has 1 saturated heterocycles. The fourth-order valence-electron chi connectivity index (χ4n) is 3.81. The highest BCUT2D eigenvalue weighted by molar-refractivity contribution is 6.04. The fraction of sp³-hybridized carbons (Fsp3) is 0.231. The van der Waals surface area contributed by atoms with E-state index in [-0.39, 0.29) is 17.9 Å². The Bertz CT molecular complexity index is 1070. The summed E-state index contributed by atoms with van der Waals surface area (Å²) < 4.78 is 5.77. The molecule has 6 nitrogen and oxygen atoms in total. The molecule has 4 rings (SSSR count). The van der Waals surface area contributed by atoms with Crippen molar-refractivity contribution in [2.75, 3.05) is 30.4 Å².